The van der Waals surface area contributed by atoms with Gasteiger partial charge in [0.05, 0.1) is 11.5 Å². The van der Waals surface area contributed by atoms with Crippen molar-refractivity contribution in [1.29, 1.82) is 0 Å². The first kappa shape index (κ1) is 17.3. The van der Waals surface area contributed by atoms with Crippen molar-refractivity contribution >= 4 is 9.84 Å². The van der Waals surface area contributed by atoms with E-state index < -0.39 is 15.7 Å². The lowest BCUT2D eigenvalue weighted by Gasteiger charge is -2.04. The van der Waals surface area contributed by atoms with Crippen LogP contribution in [-0.4, -0.2) is 31.4 Å². The first-order valence-electron chi connectivity index (χ1n) is 7.56. The molecule has 0 fully saturated rings. The maximum atomic E-state index is 14.2. The SMILES string of the molecule is CS(=O)(=O)c1ccc(-c2oc(CCO)nc2-c2ccccc2F)cc1. The number of aliphatic hydroxyl groups is 1. The van der Waals surface area contributed by atoms with Gasteiger partial charge in [0.1, 0.15) is 11.5 Å². The summed E-state index contributed by atoms with van der Waals surface area (Å²) in [6, 6.07) is 12.3. The van der Waals surface area contributed by atoms with Crippen LogP contribution in [0.5, 0.6) is 0 Å². The third-order valence-electron chi connectivity index (χ3n) is 3.67. The van der Waals surface area contributed by atoms with E-state index >= 15 is 0 Å². The highest BCUT2D eigenvalue weighted by Crippen LogP contribution is 2.34. The number of benzene rings is 2. The lowest BCUT2D eigenvalue weighted by molar-refractivity contribution is 0.285. The van der Waals surface area contributed by atoms with Gasteiger partial charge in [0.15, 0.2) is 21.5 Å². The molecule has 0 unspecified atom stereocenters. The zero-order valence-corrected chi connectivity index (χ0v) is 14.3. The van der Waals surface area contributed by atoms with Crippen LogP contribution in [0.4, 0.5) is 4.39 Å². The van der Waals surface area contributed by atoms with E-state index in [2.05, 4.69) is 4.98 Å². The first-order chi connectivity index (χ1) is 11.9. The van der Waals surface area contributed by atoms with E-state index in [-0.39, 0.29) is 29.4 Å². The monoisotopic (exact) mass is 361 g/mol. The molecule has 0 radical (unpaired) electrons. The molecule has 0 bridgehead atoms. The molecule has 0 aliphatic heterocycles. The van der Waals surface area contributed by atoms with Crippen LogP contribution in [0, 0.1) is 5.82 Å². The topological polar surface area (TPSA) is 80.4 Å². The molecule has 1 heterocycles. The average Bonchev–Trinajstić information content (AvgIpc) is 2.99. The number of hydrogen-bond acceptors (Lipinski definition) is 5. The third kappa shape index (κ3) is 3.62. The lowest BCUT2D eigenvalue weighted by atomic mass is 10.1. The van der Waals surface area contributed by atoms with E-state index in [1.165, 1.54) is 18.2 Å². The standard InChI is InChI=1S/C18H16FNO4S/c1-25(22,23)13-8-6-12(7-9-13)18-17(20-16(24-18)10-11-21)14-4-2-3-5-15(14)19/h2-9,21H,10-11H2,1H3. The van der Waals surface area contributed by atoms with Crippen LogP contribution >= 0.6 is 0 Å². The maximum Gasteiger partial charge on any atom is 0.197 e. The Morgan fingerprint density at radius 1 is 1.12 bits per heavy atom. The quantitative estimate of drug-likeness (QED) is 0.755. The van der Waals surface area contributed by atoms with Crippen LogP contribution in [-0.2, 0) is 16.3 Å². The summed E-state index contributed by atoms with van der Waals surface area (Å²) in [4.78, 5) is 4.47. The Kier molecular flexibility index (Phi) is 4.69. The van der Waals surface area contributed by atoms with Gasteiger partial charge in [-0.1, -0.05) is 12.1 Å². The summed E-state index contributed by atoms with van der Waals surface area (Å²) < 4.78 is 43.0. The van der Waals surface area contributed by atoms with Crippen molar-refractivity contribution in [2.75, 3.05) is 12.9 Å². The Hall–Kier alpha value is -2.51. The van der Waals surface area contributed by atoms with Crippen molar-refractivity contribution in [1.82, 2.24) is 4.98 Å². The van der Waals surface area contributed by atoms with E-state index in [9.17, 15) is 12.8 Å². The van der Waals surface area contributed by atoms with Crippen molar-refractivity contribution in [3.05, 3.63) is 60.2 Å². The molecule has 3 rings (SSSR count). The molecule has 0 saturated heterocycles. The van der Waals surface area contributed by atoms with Gasteiger partial charge in [-0.15, -0.1) is 0 Å². The molecular formula is C18H16FNO4S. The molecule has 5 nitrogen and oxygen atoms in total. The van der Waals surface area contributed by atoms with E-state index in [4.69, 9.17) is 9.52 Å². The summed E-state index contributed by atoms with van der Waals surface area (Å²) in [6.45, 7) is -0.149. The minimum Gasteiger partial charge on any atom is -0.440 e. The second-order valence-corrected chi connectivity index (χ2v) is 7.55. The van der Waals surface area contributed by atoms with Crippen molar-refractivity contribution in [3.8, 4) is 22.6 Å². The lowest BCUT2D eigenvalue weighted by Crippen LogP contribution is -1.96. The first-order valence-corrected chi connectivity index (χ1v) is 9.45. The minimum atomic E-state index is -3.31. The predicted octanol–water partition coefficient (Wildman–Crippen LogP) is 3.09. The Balaban J connectivity index is 2.13. The maximum absolute atomic E-state index is 14.2. The largest absolute Gasteiger partial charge is 0.440 e. The molecule has 130 valence electrons. The smallest absolute Gasteiger partial charge is 0.197 e. The van der Waals surface area contributed by atoms with Crippen LogP contribution in [0.1, 0.15) is 5.89 Å². The van der Waals surface area contributed by atoms with Crippen molar-refractivity contribution < 1.29 is 22.3 Å². The van der Waals surface area contributed by atoms with Crippen molar-refractivity contribution in [2.24, 2.45) is 0 Å². The van der Waals surface area contributed by atoms with Gasteiger partial charge in [-0.3, -0.25) is 0 Å². The number of halogens is 1. The van der Waals surface area contributed by atoms with Crippen LogP contribution in [0.2, 0.25) is 0 Å². The van der Waals surface area contributed by atoms with Gasteiger partial charge in [0.2, 0.25) is 0 Å². The van der Waals surface area contributed by atoms with Crippen LogP contribution in [0.3, 0.4) is 0 Å². The summed E-state index contributed by atoms with van der Waals surface area (Å²) in [5, 5.41) is 9.10. The van der Waals surface area contributed by atoms with E-state index in [1.807, 2.05) is 0 Å². The molecule has 2 aromatic carbocycles. The molecule has 1 aromatic heterocycles. The van der Waals surface area contributed by atoms with E-state index in [0.717, 1.165) is 6.26 Å². The molecule has 3 aromatic rings. The Bertz CT molecular complexity index is 994. The zero-order chi connectivity index (χ0) is 18.0. The highest BCUT2D eigenvalue weighted by molar-refractivity contribution is 7.90. The predicted molar refractivity (Wildman–Crippen MR) is 91.2 cm³/mol. The van der Waals surface area contributed by atoms with Gasteiger partial charge in [-0.05, 0) is 36.4 Å². The van der Waals surface area contributed by atoms with Gasteiger partial charge >= 0.3 is 0 Å². The summed E-state index contributed by atoms with van der Waals surface area (Å²) in [5.41, 5.74) is 1.16. The van der Waals surface area contributed by atoms with Crippen molar-refractivity contribution in [3.63, 3.8) is 0 Å². The van der Waals surface area contributed by atoms with E-state index in [0.29, 0.717) is 17.0 Å². The summed E-state index contributed by atoms with van der Waals surface area (Å²) in [7, 11) is -3.31. The summed E-state index contributed by atoms with van der Waals surface area (Å²) in [6.07, 6.45) is 1.32. The number of oxazole rings is 1. The number of aliphatic hydroxyl groups excluding tert-OH is 1. The molecule has 7 heteroatoms. The van der Waals surface area contributed by atoms with Crippen molar-refractivity contribution in [2.45, 2.75) is 11.3 Å². The van der Waals surface area contributed by atoms with Gasteiger partial charge in [0.25, 0.3) is 0 Å². The van der Waals surface area contributed by atoms with Gasteiger partial charge in [0, 0.05) is 23.8 Å². The Morgan fingerprint density at radius 2 is 1.80 bits per heavy atom. The third-order valence-corrected chi connectivity index (χ3v) is 4.80. The zero-order valence-electron chi connectivity index (χ0n) is 13.4. The van der Waals surface area contributed by atoms with Gasteiger partial charge < -0.3 is 9.52 Å². The number of hydrogen-bond donors (Lipinski definition) is 1. The number of sulfone groups is 1. The summed E-state index contributed by atoms with van der Waals surface area (Å²) in [5.74, 6) is 0.164. The van der Waals surface area contributed by atoms with E-state index in [1.54, 1.807) is 30.3 Å². The molecule has 0 aliphatic rings. The molecule has 25 heavy (non-hydrogen) atoms. The van der Waals surface area contributed by atoms with Crippen LogP contribution in [0.15, 0.2) is 57.8 Å². The highest BCUT2D eigenvalue weighted by atomic mass is 32.2. The number of aromatic nitrogens is 1. The average molecular weight is 361 g/mol. The molecule has 1 N–H and O–H groups in total. The molecular weight excluding hydrogens is 345 g/mol. The van der Waals surface area contributed by atoms with Crippen LogP contribution in [0.25, 0.3) is 22.6 Å². The number of rotatable bonds is 5. The molecule has 0 atom stereocenters. The number of nitrogens with zero attached hydrogens (tertiary/aromatic N) is 1. The summed E-state index contributed by atoms with van der Waals surface area (Å²) >= 11 is 0. The van der Waals surface area contributed by atoms with Crippen LogP contribution < -0.4 is 0 Å². The van der Waals surface area contributed by atoms with Gasteiger partial charge in [-0.25, -0.2) is 17.8 Å². The second kappa shape index (κ2) is 6.78. The fourth-order valence-electron chi connectivity index (χ4n) is 2.45. The molecule has 0 saturated carbocycles. The molecule has 0 amide bonds. The fraction of sp³-hybridized carbons (Fsp3) is 0.167. The normalized spacial score (nSPS) is 11.6. The Morgan fingerprint density at radius 3 is 2.40 bits per heavy atom. The second-order valence-electron chi connectivity index (χ2n) is 5.54. The molecule has 0 aliphatic carbocycles. The minimum absolute atomic E-state index is 0.149. The fourth-order valence-corrected chi connectivity index (χ4v) is 3.08. The Labute approximate surface area is 144 Å². The molecule has 0 spiro atoms. The van der Waals surface area contributed by atoms with Gasteiger partial charge in [-0.2, -0.15) is 0 Å². The highest BCUT2D eigenvalue weighted by Gasteiger charge is 2.19.